The van der Waals surface area contributed by atoms with Crippen LogP contribution in [0.1, 0.15) is 12.8 Å². The lowest BCUT2D eigenvalue weighted by atomic mass is 9.94. The molecule has 0 unspecified atom stereocenters. The van der Waals surface area contributed by atoms with E-state index in [1.54, 1.807) is 6.08 Å². The van der Waals surface area contributed by atoms with Gasteiger partial charge in [0.15, 0.2) is 0 Å². The maximum absolute atomic E-state index is 6.61. The molecule has 0 bridgehead atoms. The molecule has 0 atom stereocenters. The van der Waals surface area contributed by atoms with E-state index in [2.05, 4.69) is 138 Å². The molecule has 0 saturated heterocycles. The number of nitrogens with zero attached hydrogens (tertiary/aromatic N) is 5. The normalized spacial score (nSPS) is 12.3. The first-order valence-electron chi connectivity index (χ1n) is 23.3. The topological polar surface area (TPSA) is 128 Å². The molecule has 70 heavy (non-hydrogen) atoms. The van der Waals surface area contributed by atoms with E-state index in [4.69, 9.17) is 29.8 Å². The van der Waals surface area contributed by atoms with Crippen molar-refractivity contribution in [2.24, 2.45) is 5.92 Å². The molecule has 13 rings (SSSR count). The minimum Gasteiger partial charge on any atom is -0.456 e. The van der Waals surface area contributed by atoms with Gasteiger partial charge in [-0.3, -0.25) is 19.9 Å². The van der Waals surface area contributed by atoms with Crippen LogP contribution >= 0.6 is 0 Å². The first kappa shape index (κ1) is 43.5. The summed E-state index contributed by atoms with van der Waals surface area (Å²) < 4.78 is 8.99. The van der Waals surface area contributed by atoms with E-state index in [0.29, 0.717) is 0 Å². The van der Waals surface area contributed by atoms with Crippen LogP contribution in [0.15, 0.2) is 229 Å². The number of fused-ring (bicyclic) bond motifs is 6. The Labute approximate surface area is 405 Å². The van der Waals surface area contributed by atoms with Crippen molar-refractivity contribution in [2.45, 2.75) is 12.8 Å². The van der Waals surface area contributed by atoms with Crippen LogP contribution in [0.3, 0.4) is 0 Å². The van der Waals surface area contributed by atoms with Gasteiger partial charge >= 0.3 is 0 Å². The van der Waals surface area contributed by atoms with E-state index < -0.39 is 0 Å². The summed E-state index contributed by atoms with van der Waals surface area (Å²) >= 11 is 0. The monoisotopic (exact) mass is 905 g/mol. The Morgan fingerprint density at radius 3 is 1.36 bits per heavy atom. The van der Waals surface area contributed by atoms with Crippen molar-refractivity contribution >= 4 is 50.0 Å². The number of pyridine rings is 4. The molecule has 0 amide bonds. The summed E-state index contributed by atoms with van der Waals surface area (Å²) in [5, 5.41) is 11.0. The number of nitrogens with one attached hydrogen (secondary N) is 1. The van der Waals surface area contributed by atoms with Gasteiger partial charge in [0.05, 0.1) is 33.8 Å². The minimum atomic E-state index is 0. The number of furan rings is 1. The fraction of sp³-hybridized carbons (Fsp3) is 0.0484. The molecule has 1 aliphatic carbocycles. The first-order chi connectivity index (χ1) is 34.2. The van der Waals surface area contributed by atoms with E-state index >= 15 is 0 Å². The van der Waals surface area contributed by atoms with Crippen LogP contribution in [0.25, 0.3) is 117 Å². The van der Waals surface area contributed by atoms with Gasteiger partial charge in [-0.15, -0.1) is 0 Å². The lowest BCUT2D eigenvalue weighted by molar-refractivity contribution is 0.669. The smallest absolute Gasteiger partial charge is 0.136 e. The Hall–Kier alpha value is -9.11. The summed E-state index contributed by atoms with van der Waals surface area (Å²) in [6, 6.07) is 65.7. The minimum absolute atomic E-state index is 0. The Morgan fingerprint density at radius 1 is 0.429 bits per heavy atom. The second-order valence-corrected chi connectivity index (χ2v) is 17.3. The molecule has 1 fully saturated rings. The first-order valence-corrected chi connectivity index (χ1v) is 23.3. The molecule has 8 heteroatoms. The van der Waals surface area contributed by atoms with Gasteiger partial charge < -0.3 is 20.5 Å². The maximum Gasteiger partial charge on any atom is 0.136 e. The zero-order valence-electron chi connectivity index (χ0n) is 38.3. The van der Waals surface area contributed by atoms with Gasteiger partial charge in [-0.2, -0.15) is 0 Å². The number of hydrogen-bond acceptors (Lipinski definition) is 7. The van der Waals surface area contributed by atoms with E-state index in [0.717, 1.165) is 123 Å². The Balaban J connectivity index is 0.000000616. The lowest BCUT2D eigenvalue weighted by Crippen LogP contribution is -1.94. The van der Waals surface area contributed by atoms with E-state index in [1.807, 2.05) is 85.5 Å². The van der Waals surface area contributed by atoms with Crippen LogP contribution < -0.4 is 6.15 Å². The lowest BCUT2D eigenvalue weighted by Gasteiger charge is -2.11. The molecule has 6 aromatic heterocycles. The third kappa shape index (κ3) is 8.23. The van der Waals surface area contributed by atoms with Crippen LogP contribution in [-0.4, -0.2) is 30.7 Å². The van der Waals surface area contributed by atoms with Crippen molar-refractivity contribution in [3.05, 3.63) is 225 Å². The molecular weight excluding hydrogens is 859 g/mol. The largest absolute Gasteiger partial charge is 0.456 e. The second-order valence-electron chi connectivity index (χ2n) is 17.3. The molecule has 6 heterocycles. The predicted molar refractivity (Wildman–Crippen MR) is 288 cm³/mol. The Morgan fingerprint density at radius 2 is 0.886 bits per heavy atom. The number of aromatic nitrogens is 5. The fourth-order valence-electron chi connectivity index (χ4n) is 9.52. The highest BCUT2D eigenvalue weighted by atomic mass is 16.3. The van der Waals surface area contributed by atoms with Gasteiger partial charge in [0.25, 0.3) is 0 Å². The van der Waals surface area contributed by atoms with Crippen LogP contribution in [0.2, 0.25) is 0 Å². The van der Waals surface area contributed by atoms with Gasteiger partial charge in [0, 0.05) is 80.5 Å². The number of benzene rings is 6. The highest BCUT2D eigenvalue weighted by Gasteiger charge is 2.21. The average molecular weight is 906 g/mol. The highest BCUT2D eigenvalue weighted by Crippen LogP contribution is 2.43. The van der Waals surface area contributed by atoms with Crippen molar-refractivity contribution < 1.29 is 4.42 Å². The van der Waals surface area contributed by atoms with Gasteiger partial charge in [0.2, 0.25) is 0 Å². The van der Waals surface area contributed by atoms with Gasteiger partial charge in [-0.25, -0.2) is 0 Å². The standard InChI is InChI=1S/C56H35N5O.C6H9N.H3N/c1-3-15-41(49-17-5-9-27-57-49)39(13-1)36-21-24-53-45(31-36)46-32-37(40-14-2-4-16-42(40)50-18-6-10-28-58-50)22-25-54(46)61(53)38-23-26-55-47(33-38)48-34-43(51-19-7-11-29-59-51)44(35-56(48)62-55)52-20-8-12-30-60-52;7-5-1-2-6-3-4-6;/h1-35H;1-2,5-7H,3-4H2;1H3/b;2-1-,7-5?;. The molecule has 0 radical (unpaired) electrons. The van der Waals surface area contributed by atoms with Crippen LogP contribution in [0.4, 0.5) is 0 Å². The van der Waals surface area contributed by atoms with E-state index in [1.165, 1.54) is 19.1 Å². The maximum atomic E-state index is 6.61. The van der Waals surface area contributed by atoms with Gasteiger partial charge in [0.1, 0.15) is 11.2 Å². The summed E-state index contributed by atoms with van der Waals surface area (Å²) in [5.74, 6) is 0.821. The Bertz CT molecular complexity index is 3720. The quantitative estimate of drug-likeness (QED) is 0.139. The molecule has 12 aromatic rings. The fourth-order valence-corrected chi connectivity index (χ4v) is 9.52. The third-order valence-electron chi connectivity index (χ3n) is 13.0. The molecule has 8 nitrogen and oxygen atoms in total. The molecule has 1 aliphatic rings. The summed E-state index contributed by atoms with van der Waals surface area (Å²) in [4.78, 5) is 18.9. The van der Waals surface area contributed by atoms with Crippen molar-refractivity contribution in [1.82, 2.24) is 30.7 Å². The summed E-state index contributed by atoms with van der Waals surface area (Å²) in [7, 11) is 0. The molecule has 0 spiro atoms. The SMILES string of the molecule is N.N=C/C=C\C1CC1.c1ccc(-c2ccccc2-c2ccc3c(c2)c2cc(-c4ccccc4-c4ccccn4)ccc2n3-c2ccc3oc4cc(-c5ccccn5)c(-c5ccccn5)cc4c3c2)nc1. The molecule has 6 aromatic carbocycles. The van der Waals surface area contributed by atoms with Crippen LogP contribution in [0, 0.1) is 11.3 Å². The highest BCUT2D eigenvalue weighted by molar-refractivity contribution is 6.13. The van der Waals surface area contributed by atoms with E-state index in [-0.39, 0.29) is 6.15 Å². The predicted octanol–water partition coefficient (Wildman–Crippen LogP) is 16.0. The molecule has 1 saturated carbocycles. The number of hydrogen-bond donors (Lipinski definition) is 2. The van der Waals surface area contributed by atoms with Crippen molar-refractivity contribution in [3.8, 4) is 73.0 Å². The Kier molecular flexibility index (Phi) is 11.7. The third-order valence-corrected chi connectivity index (χ3v) is 13.0. The molecule has 4 N–H and O–H groups in total. The summed E-state index contributed by atoms with van der Waals surface area (Å²) in [6.07, 6.45) is 15.3. The number of allylic oxidation sites excluding steroid dienone is 2. The van der Waals surface area contributed by atoms with Gasteiger partial charge in [-0.05, 0) is 150 Å². The molecule has 336 valence electrons. The van der Waals surface area contributed by atoms with Crippen molar-refractivity contribution in [2.75, 3.05) is 0 Å². The van der Waals surface area contributed by atoms with Crippen molar-refractivity contribution in [3.63, 3.8) is 0 Å². The molecular formula is C62H47N7O. The van der Waals surface area contributed by atoms with E-state index in [9.17, 15) is 0 Å². The summed E-state index contributed by atoms with van der Waals surface area (Å²) in [5.41, 5.74) is 17.2. The van der Waals surface area contributed by atoms with Crippen LogP contribution in [-0.2, 0) is 0 Å². The summed E-state index contributed by atoms with van der Waals surface area (Å²) in [6.45, 7) is 0. The zero-order chi connectivity index (χ0) is 46.1. The van der Waals surface area contributed by atoms with Gasteiger partial charge in [-0.1, -0.05) is 91.0 Å². The second kappa shape index (κ2) is 18.9. The van der Waals surface area contributed by atoms with Crippen molar-refractivity contribution in [1.29, 1.82) is 5.41 Å². The van der Waals surface area contributed by atoms with Crippen LogP contribution in [0.5, 0.6) is 0 Å². The molecule has 0 aliphatic heterocycles. The number of rotatable bonds is 9. The zero-order valence-corrected chi connectivity index (χ0v) is 38.3. The average Bonchev–Trinajstić information content (AvgIpc) is 4.12.